The number of H-pyrrole nitrogens is 1. The fourth-order valence-electron chi connectivity index (χ4n) is 3.62. The zero-order valence-electron chi connectivity index (χ0n) is 14.9. The van der Waals surface area contributed by atoms with Gasteiger partial charge in [-0.25, -0.2) is 4.98 Å². The summed E-state index contributed by atoms with van der Waals surface area (Å²) in [5, 5.41) is 37.1. The highest BCUT2D eigenvalue weighted by Gasteiger charge is 2.52. The van der Waals surface area contributed by atoms with Gasteiger partial charge in [0.15, 0.2) is 11.7 Å². The van der Waals surface area contributed by atoms with Gasteiger partial charge in [-0.2, -0.15) is 5.10 Å². The molecule has 0 aliphatic carbocycles. The minimum atomic E-state index is -1.56. The number of aromatic nitrogens is 3. The Labute approximate surface area is 164 Å². The van der Waals surface area contributed by atoms with Gasteiger partial charge in [0.05, 0.1) is 11.7 Å². The quantitative estimate of drug-likeness (QED) is 0.314. The number of aromatic amines is 1. The molecule has 1 fully saturated rings. The standard InChI is InChI=1S/C18H20ClN5O4/c1-18(27,9-2-4-10(19)5-3-9)14-12(25)13(26)17(28-14)24-7-6-11-15(23-20)21-8-22-16(11)24/h2-8,12-14,17,25-27H,20H2,1H3,(H,21,22,23)/t12-,13+,14-,17+,18?/m0/s1. The number of hydrogen-bond acceptors (Lipinski definition) is 7. The van der Waals surface area contributed by atoms with Gasteiger partial charge in [-0.15, -0.1) is 0 Å². The Morgan fingerprint density at radius 3 is 2.64 bits per heavy atom. The largest absolute Gasteiger partial charge is 0.387 e. The molecule has 1 unspecified atom stereocenters. The topological polar surface area (TPSA) is 142 Å². The van der Waals surface area contributed by atoms with E-state index in [0.29, 0.717) is 27.1 Å². The summed E-state index contributed by atoms with van der Waals surface area (Å²) < 4.78 is 7.55. The molecule has 0 bridgehead atoms. The first-order chi connectivity index (χ1) is 13.3. The molecule has 3 aromatic rings. The molecule has 1 aliphatic rings. The van der Waals surface area contributed by atoms with Crippen molar-refractivity contribution in [3.63, 3.8) is 0 Å². The molecular weight excluding hydrogens is 386 g/mol. The smallest absolute Gasteiger partial charge is 0.183 e. The molecule has 6 N–H and O–H groups in total. The Morgan fingerprint density at radius 1 is 1.25 bits per heavy atom. The van der Waals surface area contributed by atoms with E-state index in [0.717, 1.165) is 0 Å². The number of aliphatic hydroxyl groups excluding tert-OH is 2. The number of nitrogens with zero attached hydrogens (tertiary/aromatic N) is 3. The fourth-order valence-corrected chi connectivity index (χ4v) is 3.75. The zero-order chi connectivity index (χ0) is 20.1. The number of benzene rings is 1. The van der Waals surface area contributed by atoms with Crippen LogP contribution in [0.4, 0.5) is 0 Å². The number of aliphatic hydroxyl groups is 3. The summed E-state index contributed by atoms with van der Waals surface area (Å²) in [5.41, 5.74) is -0.176. The van der Waals surface area contributed by atoms with Crippen molar-refractivity contribution >= 4 is 22.6 Å². The van der Waals surface area contributed by atoms with Gasteiger partial charge in [0.25, 0.3) is 0 Å². The first kappa shape index (κ1) is 18.9. The monoisotopic (exact) mass is 405 g/mol. The zero-order valence-corrected chi connectivity index (χ0v) is 15.7. The minimum absolute atomic E-state index is 0.324. The van der Waals surface area contributed by atoms with Crippen LogP contribution >= 0.6 is 11.6 Å². The van der Waals surface area contributed by atoms with Crippen molar-refractivity contribution in [2.24, 2.45) is 10.9 Å². The van der Waals surface area contributed by atoms with Gasteiger partial charge < -0.3 is 35.5 Å². The number of ether oxygens (including phenoxy) is 1. The van der Waals surface area contributed by atoms with Crippen molar-refractivity contribution in [2.75, 3.05) is 0 Å². The van der Waals surface area contributed by atoms with Crippen LogP contribution < -0.4 is 11.3 Å². The molecule has 0 saturated carbocycles. The van der Waals surface area contributed by atoms with Crippen LogP contribution in [0.1, 0.15) is 18.7 Å². The summed E-state index contributed by atoms with van der Waals surface area (Å²) in [4.78, 5) is 7.00. The molecule has 4 rings (SSSR count). The maximum absolute atomic E-state index is 11.1. The molecule has 1 aromatic carbocycles. The Bertz CT molecular complexity index is 1060. The van der Waals surface area contributed by atoms with Crippen molar-refractivity contribution in [3.8, 4) is 0 Å². The van der Waals surface area contributed by atoms with Crippen LogP contribution in [-0.4, -0.2) is 48.2 Å². The molecule has 2 aromatic heterocycles. The van der Waals surface area contributed by atoms with E-state index >= 15 is 0 Å². The molecule has 1 saturated heterocycles. The molecule has 148 valence electrons. The first-order valence-corrected chi connectivity index (χ1v) is 9.00. The number of hydrogen-bond donors (Lipinski definition) is 5. The van der Waals surface area contributed by atoms with Crippen molar-refractivity contribution < 1.29 is 20.1 Å². The van der Waals surface area contributed by atoms with Crippen molar-refractivity contribution in [2.45, 2.75) is 37.1 Å². The van der Waals surface area contributed by atoms with Crippen molar-refractivity contribution in [1.29, 1.82) is 0 Å². The third-order valence-electron chi connectivity index (χ3n) is 5.16. The minimum Gasteiger partial charge on any atom is -0.387 e. The Kier molecular flexibility index (Phi) is 4.64. The van der Waals surface area contributed by atoms with Gasteiger partial charge in [0.2, 0.25) is 0 Å². The second-order valence-electron chi connectivity index (χ2n) is 6.92. The van der Waals surface area contributed by atoms with E-state index in [2.05, 4.69) is 15.1 Å². The summed E-state index contributed by atoms with van der Waals surface area (Å²) in [6.45, 7) is 1.52. The third kappa shape index (κ3) is 2.88. The van der Waals surface area contributed by atoms with E-state index in [-0.39, 0.29) is 0 Å². The van der Waals surface area contributed by atoms with Crippen molar-refractivity contribution in [1.82, 2.24) is 14.5 Å². The van der Waals surface area contributed by atoms with E-state index in [1.54, 1.807) is 41.1 Å². The lowest BCUT2D eigenvalue weighted by Gasteiger charge is -2.32. The molecule has 0 spiro atoms. The van der Waals surface area contributed by atoms with Gasteiger partial charge in [-0.1, -0.05) is 23.7 Å². The van der Waals surface area contributed by atoms with Crippen LogP contribution in [0, 0.1) is 0 Å². The summed E-state index contributed by atoms with van der Waals surface area (Å²) in [5.74, 6) is 5.36. The van der Waals surface area contributed by atoms with E-state index < -0.39 is 30.1 Å². The maximum atomic E-state index is 11.1. The third-order valence-corrected chi connectivity index (χ3v) is 5.41. The molecule has 0 radical (unpaired) electrons. The predicted octanol–water partition coefficient (Wildman–Crippen LogP) is 0.319. The molecule has 3 heterocycles. The molecule has 1 aliphatic heterocycles. The number of halogens is 1. The average molecular weight is 406 g/mol. The maximum Gasteiger partial charge on any atom is 0.183 e. The summed E-state index contributed by atoms with van der Waals surface area (Å²) in [6, 6.07) is 8.30. The Hall–Kier alpha value is -2.43. The number of nitrogens with one attached hydrogen (secondary N) is 1. The lowest BCUT2D eigenvalue weighted by atomic mass is 9.87. The van der Waals surface area contributed by atoms with Gasteiger partial charge in [-0.05, 0) is 30.7 Å². The van der Waals surface area contributed by atoms with Crippen LogP contribution in [0.5, 0.6) is 0 Å². The van der Waals surface area contributed by atoms with Crippen LogP contribution in [0.25, 0.3) is 11.0 Å². The molecule has 28 heavy (non-hydrogen) atoms. The highest BCUT2D eigenvalue weighted by molar-refractivity contribution is 6.30. The SMILES string of the molecule is CC(O)(c1ccc(Cl)cc1)[C@H]1O[C@@H](n2ccc3c(=NN)nc[nH]c32)[C@H](O)[C@@H]1O. The predicted molar refractivity (Wildman–Crippen MR) is 101 cm³/mol. The van der Waals surface area contributed by atoms with Gasteiger partial charge in [0.1, 0.15) is 29.6 Å². The molecular formula is C18H20ClN5O4. The summed E-state index contributed by atoms with van der Waals surface area (Å²) in [7, 11) is 0. The van der Waals surface area contributed by atoms with Gasteiger partial charge >= 0.3 is 0 Å². The molecule has 10 heteroatoms. The van der Waals surface area contributed by atoms with E-state index in [1.165, 1.54) is 13.3 Å². The van der Waals surface area contributed by atoms with Crippen LogP contribution in [-0.2, 0) is 10.3 Å². The van der Waals surface area contributed by atoms with E-state index in [1.807, 2.05) is 0 Å². The molecule has 0 amide bonds. The van der Waals surface area contributed by atoms with E-state index in [4.69, 9.17) is 22.2 Å². The number of nitrogens with two attached hydrogens (primary N) is 1. The van der Waals surface area contributed by atoms with Gasteiger partial charge in [-0.3, -0.25) is 0 Å². The second-order valence-corrected chi connectivity index (χ2v) is 7.36. The lowest BCUT2D eigenvalue weighted by Crippen LogP contribution is -2.45. The van der Waals surface area contributed by atoms with Gasteiger partial charge in [0, 0.05) is 11.2 Å². The summed E-state index contributed by atoms with van der Waals surface area (Å²) >= 11 is 5.91. The Morgan fingerprint density at radius 2 is 1.96 bits per heavy atom. The van der Waals surface area contributed by atoms with E-state index in [9.17, 15) is 15.3 Å². The number of fused-ring (bicyclic) bond motifs is 1. The molecule has 9 nitrogen and oxygen atoms in total. The highest BCUT2D eigenvalue weighted by Crippen LogP contribution is 2.40. The highest BCUT2D eigenvalue weighted by atomic mass is 35.5. The normalized spacial score (nSPS) is 28.0. The van der Waals surface area contributed by atoms with Crippen LogP contribution in [0.15, 0.2) is 48.0 Å². The van der Waals surface area contributed by atoms with Crippen LogP contribution in [0.2, 0.25) is 5.02 Å². The van der Waals surface area contributed by atoms with Crippen molar-refractivity contribution in [3.05, 3.63) is 58.9 Å². The summed E-state index contributed by atoms with van der Waals surface area (Å²) in [6.07, 6.45) is -1.54. The fraction of sp³-hybridized carbons (Fsp3) is 0.333. The Balaban J connectivity index is 1.72. The first-order valence-electron chi connectivity index (χ1n) is 8.62. The second kappa shape index (κ2) is 6.87. The molecule has 5 atom stereocenters. The average Bonchev–Trinajstić information content (AvgIpc) is 3.24. The number of rotatable bonds is 3. The lowest BCUT2D eigenvalue weighted by molar-refractivity contribution is -0.135. The van der Waals surface area contributed by atoms with Crippen LogP contribution in [0.3, 0.4) is 0 Å².